The Balaban J connectivity index is 1.28. The van der Waals surface area contributed by atoms with E-state index in [1.54, 1.807) is 37.6 Å². The minimum Gasteiger partial charge on any atom is -0.346 e. The Labute approximate surface area is 321 Å². The van der Waals surface area contributed by atoms with Gasteiger partial charge >= 0.3 is 6.18 Å². The number of hydrogen-bond acceptors (Lipinski definition) is 9. The number of thioether (sulfide) groups is 1. The third kappa shape index (κ3) is 6.65. The quantitative estimate of drug-likeness (QED) is 0.107. The molecule has 21 heteroatoms. The highest BCUT2D eigenvalue weighted by atomic mass is 32.2. The van der Waals surface area contributed by atoms with Crippen molar-refractivity contribution in [2.24, 2.45) is 13.0 Å². The number of rotatable bonds is 10. The fourth-order valence-corrected chi connectivity index (χ4v) is 9.71. The molecule has 1 saturated carbocycles. The number of nitrogens with zero attached hydrogens (tertiary/aromatic N) is 6. The average Bonchev–Trinajstić information content (AvgIpc) is 3.77. The number of thiazole rings is 1. The number of carbonyl (C=O) groups is 1. The highest BCUT2D eigenvalue weighted by Crippen LogP contribution is 2.64. The summed E-state index contributed by atoms with van der Waals surface area (Å²) in [6.07, 6.45) is -2.46. The van der Waals surface area contributed by atoms with Gasteiger partial charge in [0.15, 0.2) is 21.5 Å². The molecule has 2 aromatic carbocycles. The third-order valence-electron chi connectivity index (χ3n) is 10.0. The van der Waals surface area contributed by atoms with E-state index in [9.17, 15) is 35.2 Å². The Morgan fingerprint density at radius 1 is 1.07 bits per heavy atom. The summed E-state index contributed by atoms with van der Waals surface area (Å²) in [5.74, 6) is -8.91. The molecule has 56 heavy (non-hydrogen) atoms. The topological polar surface area (TPSA) is 137 Å². The van der Waals surface area contributed by atoms with Crippen LogP contribution in [0.4, 0.5) is 36.6 Å². The van der Waals surface area contributed by atoms with E-state index < -0.39 is 81.0 Å². The summed E-state index contributed by atoms with van der Waals surface area (Å²) in [6.45, 7) is -1.04. The van der Waals surface area contributed by atoms with Crippen LogP contribution >= 0.6 is 23.1 Å². The lowest BCUT2D eigenvalue weighted by molar-refractivity contribution is -0.144. The molecule has 0 spiro atoms. The smallest absolute Gasteiger partial charge is 0.346 e. The van der Waals surface area contributed by atoms with E-state index >= 15 is 8.78 Å². The number of pyridine rings is 1. The van der Waals surface area contributed by atoms with Gasteiger partial charge < -0.3 is 5.32 Å². The highest BCUT2D eigenvalue weighted by Gasteiger charge is 2.63. The van der Waals surface area contributed by atoms with E-state index in [0.29, 0.717) is 41.8 Å². The number of aryl methyl sites for hydroxylation is 1. The highest BCUT2D eigenvalue weighted by molar-refractivity contribution is 8.00. The molecule has 0 radical (unpaired) electrons. The summed E-state index contributed by atoms with van der Waals surface area (Å²) in [7, 11) is -2.18. The second kappa shape index (κ2) is 13.4. The molecule has 2 N–H and O–H groups in total. The van der Waals surface area contributed by atoms with Crippen LogP contribution in [0.5, 0.6) is 0 Å². The molecule has 4 heterocycles. The molecule has 294 valence electrons. The van der Waals surface area contributed by atoms with Gasteiger partial charge in [0.2, 0.25) is 15.9 Å². The number of hydrogen-bond donors (Lipinski definition) is 2. The van der Waals surface area contributed by atoms with Crippen molar-refractivity contribution in [3.63, 3.8) is 0 Å². The molecule has 1 unspecified atom stereocenters. The minimum atomic E-state index is -5.06. The number of carbonyl (C=O) groups excluding carboxylic acids is 1. The SMILES string of the molecule is CSc1nc2nc(C(Cc3cc(F)cc(F)c3)NC(=O)Cn3nc(C(F)(F)F)c4c3C(F)(F)[C@@H]3CC[C@H]43)c(-c3cccc4c(NS(C)(=O)=O)nn(C)c34)cc2s1. The normalized spacial score (nSPS) is 18.2. The fourth-order valence-electron chi connectivity index (χ4n) is 7.75. The van der Waals surface area contributed by atoms with E-state index in [1.807, 2.05) is 0 Å². The van der Waals surface area contributed by atoms with Gasteiger partial charge in [-0.15, -0.1) is 11.3 Å². The van der Waals surface area contributed by atoms with Gasteiger partial charge in [-0.2, -0.15) is 32.1 Å². The zero-order chi connectivity index (χ0) is 40.1. The molecule has 8 rings (SSSR count). The molecular formula is C35H29F7N8O3S3. The first kappa shape index (κ1) is 38.1. The number of aromatic nitrogens is 6. The van der Waals surface area contributed by atoms with Gasteiger partial charge in [0.1, 0.15) is 23.9 Å². The summed E-state index contributed by atoms with van der Waals surface area (Å²) in [5.41, 5.74) is -1.37. The fraction of sp³-hybridized carbons (Fsp3) is 0.343. The Bertz CT molecular complexity index is 2670. The van der Waals surface area contributed by atoms with Gasteiger partial charge in [0, 0.05) is 41.1 Å². The summed E-state index contributed by atoms with van der Waals surface area (Å²) in [4.78, 5) is 23.3. The number of alkyl halides is 5. The average molecular weight is 839 g/mol. The Morgan fingerprint density at radius 3 is 2.45 bits per heavy atom. The first-order valence-corrected chi connectivity index (χ1v) is 20.9. The molecular weight excluding hydrogens is 810 g/mol. The zero-order valence-corrected chi connectivity index (χ0v) is 31.8. The van der Waals surface area contributed by atoms with E-state index in [2.05, 4.69) is 25.2 Å². The van der Waals surface area contributed by atoms with Crippen LogP contribution in [-0.4, -0.2) is 56.4 Å². The number of benzene rings is 2. The number of amides is 1. The molecule has 0 saturated heterocycles. The number of sulfonamides is 1. The standard InChI is InChI=1S/C35H29F7N8O3S3/c1-49-28-18(5-4-6-20(28)31(47-49)48-56(3,52)53)21-13-24-32(45-33(54-2)55-24)44-27(21)23(11-15-9-16(36)12-17(37)10-15)43-25(51)14-50-30-26(29(46-50)35(40,41)42)19-7-8-22(19)34(30,38)39/h4-6,9-10,12-13,19,22-23H,7-8,11,14H2,1-3H3,(H,43,51)(H,47,48)/t19-,22+,23?/m0/s1. The van der Waals surface area contributed by atoms with Gasteiger partial charge in [0.25, 0.3) is 5.92 Å². The molecule has 2 aliphatic rings. The van der Waals surface area contributed by atoms with Crippen LogP contribution in [0.3, 0.4) is 0 Å². The van der Waals surface area contributed by atoms with Gasteiger partial charge in [0.05, 0.1) is 28.2 Å². The van der Waals surface area contributed by atoms with Crippen LogP contribution in [-0.2, 0) is 46.9 Å². The summed E-state index contributed by atoms with van der Waals surface area (Å²) in [6, 6.07) is 8.14. The van der Waals surface area contributed by atoms with Crippen LogP contribution in [0, 0.1) is 17.6 Å². The number of para-hydroxylation sites is 1. The van der Waals surface area contributed by atoms with Crippen molar-refractivity contribution in [3.8, 4) is 11.1 Å². The Morgan fingerprint density at radius 2 is 1.80 bits per heavy atom. The van der Waals surface area contributed by atoms with Gasteiger partial charge in [-0.05, 0) is 61.3 Å². The number of anilines is 1. The maximum atomic E-state index is 15.6. The van der Waals surface area contributed by atoms with Crippen molar-refractivity contribution in [2.45, 2.75) is 54.2 Å². The second-order valence-corrected chi connectivity index (χ2v) is 17.6. The van der Waals surface area contributed by atoms with Crippen molar-refractivity contribution in [1.82, 2.24) is 34.8 Å². The molecule has 1 amide bonds. The molecule has 6 aromatic rings. The lowest BCUT2D eigenvalue weighted by Crippen LogP contribution is -2.36. The lowest BCUT2D eigenvalue weighted by Gasteiger charge is -2.34. The predicted molar refractivity (Wildman–Crippen MR) is 195 cm³/mol. The minimum absolute atomic E-state index is 0.0170. The van der Waals surface area contributed by atoms with Gasteiger partial charge in [-0.3, -0.25) is 18.9 Å². The summed E-state index contributed by atoms with van der Waals surface area (Å²) >= 11 is 2.65. The lowest BCUT2D eigenvalue weighted by atomic mass is 9.73. The largest absolute Gasteiger partial charge is 0.435 e. The summed E-state index contributed by atoms with van der Waals surface area (Å²) in [5, 5.41) is 10.9. The van der Waals surface area contributed by atoms with Crippen LogP contribution in [0.1, 0.15) is 53.0 Å². The van der Waals surface area contributed by atoms with Crippen molar-refractivity contribution in [2.75, 3.05) is 17.2 Å². The van der Waals surface area contributed by atoms with E-state index in [1.165, 1.54) is 27.8 Å². The molecule has 0 aliphatic heterocycles. The number of fused-ring (bicyclic) bond motifs is 5. The van der Waals surface area contributed by atoms with Gasteiger partial charge in [-0.25, -0.2) is 27.2 Å². The van der Waals surface area contributed by atoms with E-state index in [-0.39, 0.29) is 42.0 Å². The Kier molecular flexibility index (Phi) is 9.14. The monoisotopic (exact) mass is 838 g/mol. The Hall–Kier alpha value is -4.76. The van der Waals surface area contributed by atoms with Gasteiger partial charge in [-0.1, -0.05) is 23.9 Å². The summed E-state index contributed by atoms with van der Waals surface area (Å²) < 4.78 is 133. The maximum Gasteiger partial charge on any atom is 0.435 e. The van der Waals surface area contributed by atoms with E-state index in [0.717, 1.165) is 18.4 Å². The first-order valence-electron chi connectivity index (χ1n) is 16.9. The van der Waals surface area contributed by atoms with Crippen LogP contribution in [0.25, 0.3) is 32.4 Å². The van der Waals surface area contributed by atoms with Crippen LogP contribution < -0.4 is 10.0 Å². The molecule has 0 bridgehead atoms. The maximum absolute atomic E-state index is 15.6. The van der Waals surface area contributed by atoms with Crippen LogP contribution in [0.15, 0.2) is 46.8 Å². The number of halogens is 7. The second-order valence-electron chi connectivity index (χ2n) is 13.8. The van der Waals surface area contributed by atoms with Crippen molar-refractivity contribution >= 4 is 66.1 Å². The predicted octanol–water partition coefficient (Wildman–Crippen LogP) is 7.53. The van der Waals surface area contributed by atoms with Crippen molar-refractivity contribution < 1.29 is 43.9 Å². The molecule has 11 nitrogen and oxygen atoms in total. The first-order chi connectivity index (χ1) is 26.3. The zero-order valence-electron chi connectivity index (χ0n) is 29.4. The molecule has 2 aliphatic carbocycles. The molecule has 4 aromatic heterocycles. The van der Waals surface area contributed by atoms with Crippen molar-refractivity contribution in [3.05, 3.63) is 82.3 Å². The molecule has 1 fully saturated rings. The number of nitrogens with one attached hydrogen (secondary N) is 2. The van der Waals surface area contributed by atoms with Crippen molar-refractivity contribution in [1.29, 1.82) is 0 Å². The van der Waals surface area contributed by atoms with Crippen LogP contribution in [0.2, 0.25) is 0 Å². The third-order valence-corrected chi connectivity index (χ3v) is 12.6. The van der Waals surface area contributed by atoms with E-state index in [4.69, 9.17) is 4.98 Å². The molecule has 3 atom stereocenters.